The summed E-state index contributed by atoms with van der Waals surface area (Å²) >= 11 is 0. The molecule has 0 aliphatic heterocycles. The van der Waals surface area contributed by atoms with Crippen molar-refractivity contribution in [3.63, 3.8) is 0 Å². The molecule has 0 spiro atoms. The molecule has 0 unspecified atom stereocenters. The molecule has 50 heavy (non-hydrogen) atoms. The van der Waals surface area contributed by atoms with Gasteiger partial charge in [-0.1, -0.05) is 194 Å². The number of aliphatic hydroxyl groups excluding tert-OH is 2. The van der Waals surface area contributed by atoms with Gasteiger partial charge in [0, 0.05) is 13.2 Å². The minimum atomic E-state index is 0.0858. The lowest BCUT2D eigenvalue weighted by Crippen LogP contribution is -2.16. The van der Waals surface area contributed by atoms with Crippen LogP contribution in [0, 0.1) is 11.8 Å². The van der Waals surface area contributed by atoms with Crippen LogP contribution < -0.4 is 0 Å². The highest BCUT2D eigenvalue weighted by atomic mass is 16.5. The van der Waals surface area contributed by atoms with E-state index in [1.807, 2.05) is 0 Å². The maximum absolute atomic E-state index is 8.77. The lowest BCUT2D eigenvalue weighted by Gasteiger charge is -2.28. The molecule has 0 heterocycles. The second kappa shape index (κ2) is 44.9. The fraction of sp³-hybridized carbons (Fsp3) is 1.00. The van der Waals surface area contributed by atoms with Crippen LogP contribution in [0.1, 0.15) is 206 Å². The third-order valence-electron chi connectivity index (χ3n) is 10.5. The van der Waals surface area contributed by atoms with E-state index in [-0.39, 0.29) is 13.2 Å². The lowest BCUT2D eigenvalue weighted by molar-refractivity contribution is 0.0320. The Labute approximate surface area is 312 Å². The standard InChI is InChI=1S/C44H90O6/c1-3-5-7-9-11-17-23-29-43(30-24-18-12-10-8-6-4-2)44(31-25-19-13-15-21-27-35-47-39-41-49-37-33-45)32-26-20-14-16-22-28-36-48-40-42-50-38-34-46/h43-46H,3-42H2,1-2H3. The van der Waals surface area contributed by atoms with Crippen molar-refractivity contribution in [3.05, 3.63) is 0 Å². The Balaban J connectivity index is 4.66. The Bertz CT molecular complexity index is 543. The second-order valence-electron chi connectivity index (χ2n) is 15.1. The number of rotatable bonds is 45. The molecule has 0 atom stereocenters. The van der Waals surface area contributed by atoms with Gasteiger partial charge in [-0.05, 0) is 24.7 Å². The van der Waals surface area contributed by atoms with Gasteiger partial charge >= 0.3 is 0 Å². The molecule has 0 aromatic rings. The van der Waals surface area contributed by atoms with Crippen molar-refractivity contribution >= 4 is 0 Å². The first-order valence-electron chi connectivity index (χ1n) is 22.3. The normalized spacial score (nSPS) is 11.9. The van der Waals surface area contributed by atoms with E-state index in [4.69, 9.17) is 29.2 Å². The van der Waals surface area contributed by atoms with Crippen molar-refractivity contribution in [3.8, 4) is 0 Å². The summed E-state index contributed by atoms with van der Waals surface area (Å²) in [5.74, 6) is 1.87. The average molecular weight is 715 g/mol. The highest BCUT2D eigenvalue weighted by molar-refractivity contribution is 4.72. The fourth-order valence-electron chi connectivity index (χ4n) is 7.37. The van der Waals surface area contributed by atoms with Gasteiger partial charge in [-0.3, -0.25) is 0 Å². The van der Waals surface area contributed by atoms with Crippen LogP contribution in [0.2, 0.25) is 0 Å². The van der Waals surface area contributed by atoms with Crippen LogP contribution in [0.4, 0.5) is 0 Å². The SMILES string of the molecule is CCCCCCCCCC(CCCCCCCCC)C(CCCCCCCCOCCOCCO)CCCCCCCCOCCOCCO. The predicted molar refractivity (Wildman–Crippen MR) is 214 cm³/mol. The topological polar surface area (TPSA) is 77.4 Å². The Hall–Kier alpha value is -0.240. The van der Waals surface area contributed by atoms with Gasteiger partial charge in [0.2, 0.25) is 0 Å². The van der Waals surface area contributed by atoms with Gasteiger partial charge in [0.25, 0.3) is 0 Å². The van der Waals surface area contributed by atoms with Crippen LogP contribution in [0.25, 0.3) is 0 Å². The monoisotopic (exact) mass is 715 g/mol. The first kappa shape index (κ1) is 49.8. The smallest absolute Gasteiger partial charge is 0.0701 e. The molecular weight excluding hydrogens is 624 g/mol. The molecule has 302 valence electrons. The molecule has 0 rings (SSSR count). The van der Waals surface area contributed by atoms with Crippen LogP contribution in [-0.2, 0) is 18.9 Å². The van der Waals surface area contributed by atoms with Crippen molar-refractivity contribution in [2.75, 3.05) is 66.1 Å². The maximum Gasteiger partial charge on any atom is 0.0701 e. The Morgan fingerprint density at radius 1 is 0.280 bits per heavy atom. The molecular formula is C44H90O6. The van der Waals surface area contributed by atoms with E-state index in [0.29, 0.717) is 39.6 Å². The number of hydrogen-bond acceptors (Lipinski definition) is 6. The van der Waals surface area contributed by atoms with Crippen LogP contribution in [0.5, 0.6) is 0 Å². The summed E-state index contributed by atoms with van der Waals surface area (Å²) in [5, 5.41) is 17.5. The molecule has 6 nitrogen and oxygen atoms in total. The fourth-order valence-corrected chi connectivity index (χ4v) is 7.37. The van der Waals surface area contributed by atoms with Gasteiger partial charge in [-0.15, -0.1) is 0 Å². The summed E-state index contributed by atoms with van der Waals surface area (Å²) < 4.78 is 21.9. The summed E-state index contributed by atoms with van der Waals surface area (Å²) in [6.45, 7) is 9.74. The summed E-state index contributed by atoms with van der Waals surface area (Å²) in [6.07, 6.45) is 41.6. The van der Waals surface area contributed by atoms with Gasteiger partial charge in [-0.25, -0.2) is 0 Å². The largest absolute Gasteiger partial charge is 0.394 e. The minimum Gasteiger partial charge on any atom is -0.394 e. The zero-order valence-electron chi connectivity index (χ0n) is 34.0. The number of aliphatic hydroxyl groups is 2. The van der Waals surface area contributed by atoms with Crippen LogP contribution >= 0.6 is 0 Å². The van der Waals surface area contributed by atoms with E-state index in [2.05, 4.69) is 13.8 Å². The first-order chi connectivity index (χ1) is 24.8. The molecule has 0 fully saturated rings. The van der Waals surface area contributed by atoms with Crippen molar-refractivity contribution in [2.24, 2.45) is 11.8 Å². The van der Waals surface area contributed by atoms with Gasteiger partial charge in [-0.2, -0.15) is 0 Å². The van der Waals surface area contributed by atoms with E-state index in [0.717, 1.165) is 37.9 Å². The van der Waals surface area contributed by atoms with E-state index in [1.165, 1.54) is 180 Å². The molecule has 0 bridgehead atoms. The Morgan fingerprint density at radius 2 is 0.520 bits per heavy atom. The molecule has 0 aromatic carbocycles. The molecule has 0 aliphatic carbocycles. The quantitative estimate of drug-likeness (QED) is 0.0612. The van der Waals surface area contributed by atoms with Gasteiger partial charge < -0.3 is 29.2 Å². The van der Waals surface area contributed by atoms with Crippen LogP contribution in [0.3, 0.4) is 0 Å². The highest BCUT2D eigenvalue weighted by Gasteiger charge is 2.20. The molecule has 0 aliphatic rings. The molecule has 0 saturated heterocycles. The molecule has 0 aromatic heterocycles. The van der Waals surface area contributed by atoms with E-state index >= 15 is 0 Å². The third-order valence-corrected chi connectivity index (χ3v) is 10.5. The third kappa shape index (κ3) is 39.0. The van der Waals surface area contributed by atoms with E-state index in [1.54, 1.807) is 0 Å². The molecule has 6 heteroatoms. The number of hydrogen-bond donors (Lipinski definition) is 2. The average Bonchev–Trinajstić information content (AvgIpc) is 3.13. The van der Waals surface area contributed by atoms with Crippen molar-refractivity contribution in [2.45, 2.75) is 206 Å². The number of unbranched alkanes of at least 4 members (excludes halogenated alkanes) is 22. The molecule has 0 amide bonds. The van der Waals surface area contributed by atoms with E-state index < -0.39 is 0 Å². The summed E-state index contributed by atoms with van der Waals surface area (Å²) in [6, 6.07) is 0. The maximum atomic E-state index is 8.77. The second-order valence-corrected chi connectivity index (χ2v) is 15.1. The van der Waals surface area contributed by atoms with Crippen molar-refractivity contribution < 1.29 is 29.2 Å². The van der Waals surface area contributed by atoms with Gasteiger partial charge in [0.1, 0.15) is 0 Å². The summed E-state index contributed by atoms with van der Waals surface area (Å²) in [7, 11) is 0. The Morgan fingerprint density at radius 3 is 0.800 bits per heavy atom. The lowest BCUT2D eigenvalue weighted by atomic mass is 9.78. The summed E-state index contributed by atoms with van der Waals surface area (Å²) in [4.78, 5) is 0. The van der Waals surface area contributed by atoms with Crippen LogP contribution in [-0.4, -0.2) is 76.3 Å². The van der Waals surface area contributed by atoms with Gasteiger partial charge in [0.05, 0.1) is 52.9 Å². The van der Waals surface area contributed by atoms with E-state index in [9.17, 15) is 0 Å². The zero-order chi connectivity index (χ0) is 36.3. The zero-order valence-corrected chi connectivity index (χ0v) is 34.0. The molecule has 2 N–H and O–H groups in total. The van der Waals surface area contributed by atoms with Gasteiger partial charge in [0.15, 0.2) is 0 Å². The number of ether oxygens (including phenoxy) is 4. The first-order valence-corrected chi connectivity index (χ1v) is 22.3. The predicted octanol–water partition coefficient (Wildman–Crippen LogP) is 12.0. The Kier molecular flexibility index (Phi) is 44.7. The van der Waals surface area contributed by atoms with Crippen molar-refractivity contribution in [1.82, 2.24) is 0 Å². The highest BCUT2D eigenvalue weighted by Crippen LogP contribution is 2.34. The minimum absolute atomic E-state index is 0.0858. The molecule has 0 radical (unpaired) electrons. The van der Waals surface area contributed by atoms with Crippen LogP contribution in [0.15, 0.2) is 0 Å². The van der Waals surface area contributed by atoms with Crippen molar-refractivity contribution in [1.29, 1.82) is 0 Å². The molecule has 0 saturated carbocycles. The summed E-state index contributed by atoms with van der Waals surface area (Å²) in [5.41, 5.74) is 0.